The van der Waals surface area contributed by atoms with Gasteiger partial charge in [0, 0.05) is 20.2 Å². The molecule has 0 radical (unpaired) electrons. The van der Waals surface area contributed by atoms with Crippen molar-refractivity contribution in [3.05, 3.63) is 22.2 Å². The number of pyridine rings is 1. The maximum atomic E-state index is 10.8. The Labute approximate surface area is 105 Å². The number of anilines is 2. The molecule has 18 heavy (non-hydrogen) atoms. The minimum Gasteiger partial charge on any atom is -0.380 e. The van der Waals surface area contributed by atoms with Crippen LogP contribution in [0.4, 0.5) is 17.3 Å². The summed E-state index contributed by atoms with van der Waals surface area (Å²) in [7, 11) is 1.78. The number of hydrazine groups is 1. The van der Waals surface area contributed by atoms with E-state index in [1.165, 1.54) is 12.1 Å². The molecule has 0 saturated heterocycles. The van der Waals surface area contributed by atoms with Gasteiger partial charge in [0.05, 0.1) is 23.7 Å². The van der Waals surface area contributed by atoms with Crippen LogP contribution in [0.5, 0.6) is 0 Å². The summed E-state index contributed by atoms with van der Waals surface area (Å²) in [5.74, 6) is 5.95. The Morgan fingerprint density at radius 2 is 2.33 bits per heavy atom. The van der Waals surface area contributed by atoms with Crippen molar-refractivity contribution in [2.24, 2.45) is 5.84 Å². The van der Waals surface area contributed by atoms with Crippen molar-refractivity contribution in [3.8, 4) is 0 Å². The lowest BCUT2D eigenvalue weighted by atomic mass is 10.3. The number of ether oxygens (including phenoxy) is 1. The SMILES string of the molecule is CCOCCN(C)c1cc([N+](=O)[O-])cc(NN)n1. The Kier molecular flexibility index (Phi) is 5.28. The number of nitrogen functional groups attached to an aromatic ring is 1. The number of nitrogens with zero attached hydrogens (tertiary/aromatic N) is 3. The Bertz CT molecular complexity index is 412. The highest BCUT2D eigenvalue weighted by Crippen LogP contribution is 2.21. The number of hydrogen-bond donors (Lipinski definition) is 2. The van der Waals surface area contributed by atoms with Crippen LogP contribution >= 0.6 is 0 Å². The fourth-order valence-electron chi connectivity index (χ4n) is 1.34. The molecular weight excluding hydrogens is 238 g/mol. The van der Waals surface area contributed by atoms with Crippen molar-refractivity contribution < 1.29 is 9.66 Å². The third kappa shape index (κ3) is 3.82. The number of nitrogens with two attached hydrogens (primary N) is 1. The molecule has 0 aliphatic rings. The van der Waals surface area contributed by atoms with Crippen LogP contribution in [-0.4, -0.2) is 36.7 Å². The molecule has 0 aliphatic carbocycles. The van der Waals surface area contributed by atoms with Gasteiger partial charge in [-0.3, -0.25) is 10.1 Å². The first kappa shape index (κ1) is 14.1. The lowest BCUT2D eigenvalue weighted by Gasteiger charge is -2.18. The predicted molar refractivity (Wildman–Crippen MR) is 68.5 cm³/mol. The summed E-state index contributed by atoms with van der Waals surface area (Å²) < 4.78 is 5.22. The molecule has 0 bridgehead atoms. The summed E-state index contributed by atoms with van der Waals surface area (Å²) in [6.45, 7) is 3.66. The van der Waals surface area contributed by atoms with Gasteiger partial charge in [0.1, 0.15) is 11.6 Å². The van der Waals surface area contributed by atoms with Gasteiger partial charge in [-0.15, -0.1) is 0 Å². The number of rotatable bonds is 7. The molecule has 0 aromatic carbocycles. The van der Waals surface area contributed by atoms with Gasteiger partial charge in [-0.05, 0) is 6.92 Å². The van der Waals surface area contributed by atoms with E-state index in [1.807, 2.05) is 6.92 Å². The molecule has 0 fully saturated rings. The smallest absolute Gasteiger partial charge is 0.276 e. The normalized spacial score (nSPS) is 10.2. The van der Waals surface area contributed by atoms with Crippen LogP contribution in [0.1, 0.15) is 6.92 Å². The molecule has 8 nitrogen and oxygen atoms in total. The van der Waals surface area contributed by atoms with Gasteiger partial charge in [-0.25, -0.2) is 10.8 Å². The quantitative estimate of drug-likeness (QED) is 0.320. The van der Waals surface area contributed by atoms with Crippen molar-refractivity contribution in [3.63, 3.8) is 0 Å². The molecule has 0 spiro atoms. The Morgan fingerprint density at radius 1 is 1.61 bits per heavy atom. The molecule has 8 heteroatoms. The van der Waals surface area contributed by atoms with E-state index in [4.69, 9.17) is 10.6 Å². The number of nitro groups is 1. The van der Waals surface area contributed by atoms with Crippen LogP contribution in [0.3, 0.4) is 0 Å². The van der Waals surface area contributed by atoms with Crippen molar-refractivity contribution >= 4 is 17.3 Å². The second-order valence-corrected chi connectivity index (χ2v) is 3.59. The molecular formula is C10H17N5O3. The average Bonchev–Trinajstić information content (AvgIpc) is 2.38. The van der Waals surface area contributed by atoms with E-state index in [0.717, 1.165) is 0 Å². The molecule has 0 saturated carbocycles. The van der Waals surface area contributed by atoms with E-state index in [2.05, 4.69) is 10.4 Å². The second-order valence-electron chi connectivity index (χ2n) is 3.59. The Balaban J connectivity index is 2.86. The van der Waals surface area contributed by atoms with Gasteiger partial charge in [0.2, 0.25) is 0 Å². The van der Waals surface area contributed by atoms with Crippen molar-refractivity contribution in [1.29, 1.82) is 0 Å². The van der Waals surface area contributed by atoms with Crippen molar-refractivity contribution in [2.45, 2.75) is 6.92 Å². The highest BCUT2D eigenvalue weighted by Gasteiger charge is 2.13. The molecule has 1 aromatic heterocycles. The highest BCUT2D eigenvalue weighted by atomic mass is 16.6. The van der Waals surface area contributed by atoms with Gasteiger partial charge in [-0.2, -0.15) is 0 Å². The van der Waals surface area contributed by atoms with Gasteiger partial charge < -0.3 is 15.1 Å². The minimum absolute atomic E-state index is 0.0591. The van der Waals surface area contributed by atoms with Crippen molar-refractivity contribution in [2.75, 3.05) is 37.1 Å². The molecule has 0 atom stereocenters. The third-order valence-corrected chi connectivity index (χ3v) is 2.32. The van der Waals surface area contributed by atoms with E-state index >= 15 is 0 Å². The standard InChI is InChI=1S/C10H17N5O3/c1-3-18-5-4-14(2)10-7-8(15(16)17)6-9(12-10)13-11/h6-7H,3-5,11H2,1-2H3,(H,12,13). The van der Waals surface area contributed by atoms with E-state index < -0.39 is 4.92 Å². The molecule has 1 heterocycles. The van der Waals surface area contributed by atoms with Gasteiger partial charge in [0.15, 0.2) is 0 Å². The fourth-order valence-corrected chi connectivity index (χ4v) is 1.34. The second kappa shape index (κ2) is 6.72. The molecule has 1 rings (SSSR count). The van der Waals surface area contributed by atoms with Crippen LogP contribution in [0, 0.1) is 10.1 Å². The largest absolute Gasteiger partial charge is 0.380 e. The van der Waals surface area contributed by atoms with Crippen molar-refractivity contribution in [1.82, 2.24) is 4.98 Å². The summed E-state index contributed by atoms with van der Waals surface area (Å²) in [6, 6.07) is 2.67. The monoisotopic (exact) mass is 255 g/mol. The fraction of sp³-hybridized carbons (Fsp3) is 0.500. The highest BCUT2D eigenvalue weighted by molar-refractivity contribution is 5.55. The van der Waals surface area contributed by atoms with E-state index in [0.29, 0.717) is 25.6 Å². The van der Waals surface area contributed by atoms with Crippen LogP contribution < -0.4 is 16.2 Å². The van der Waals surface area contributed by atoms with Gasteiger partial charge >= 0.3 is 0 Å². The molecule has 0 unspecified atom stereocenters. The summed E-state index contributed by atoms with van der Waals surface area (Å²) >= 11 is 0. The molecule has 100 valence electrons. The first-order valence-corrected chi connectivity index (χ1v) is 5.50. The van der Waals surface area contributed by atoms with Gasteiger partial charge in [0.25, 0.3) is 5.69 Å². The summed E-state index contributed by atoms with van der Waals surface area (Å²) in [5.41, 5.74) is 2.25. The van der Waals surface area contributed by atoms with Gasteiger partial charge in [-0.1, -0.05) is 0 Å². The number of aromatic nitrogens is 1. The number of nitrogens with one attached hydrogen (secondary N) is 1. The first-order chi connectivity index (χ1) is 8.58. The maximum absolute atomic E-state index is 10.8. The maximum Gasteiger partial charge on any atom is 0.276 e. The zero-order valence-corrected chi connectivity index (χ0v) is 10.4. The van der Waals surface area contributed by atoms with Crippen LogP contribution in [-0.2, 0) is 4.74 Å². The number of likely N-dealkylation sites (N-methyl/N-ethyl adjacent to an activating group) is 1. The van der Waals surface area contributed by atoms with Crippen LogP contribution in [0.15, 0.2) is 12.1 Å². The third-order valence-electron chi connectivity index (χ3n) is 2.32. The lowest BCUT2D eigenvalue weighted by molar-refractivity contribution is -0.384. The summed E-state index contributed by atoms with van der Waals surface area (Å²) in [5, 5.41) is 10.8. The van der Waals surface area contributed by atoms with Crippen LogP contribution in [0.2, 0.25) is 0 Å². The van der Waals surface area contributed by atoms with Crippen LogP contribution in [0.25, 0.3) is 0 Å². The Hall–Kier alpha value is -1.93. The lowest BCUT2D eigenvalue weighted by Crippen LogP contribution is -2.24. The topological polar surface area (TPSA) is 107 Å². The molecule has 0 aliphatic heterocycles. The molecule has 0 amide bonds. The molecule has 3 N–H and O–H groups in total. The first-order valence-electron chi connectivity index (χ1n) is 5.50. The minimum atomic E-state index is -0.484. The van der Waals surface area contributed by atoms with E-state index in [1.54, 1.807) is 11.9 Å². The summed E-state index contributed by atoms with van der Waals surface area (Å²) in [6.07, 6.45) is 0. The van der Waals surface area contributed by atoms with E-state index in [9.17, 15) is 10.1 Å². The molecule has 1 aromatic rings. The van der Waals surface area contributed by atoms with E-state index in [-0.39, 0.29) is 11.5 Å². The predicted octanol–water partition coefficient (Wildman–Crippen LogP) is 0.748. The zero-order chi connectivity index (χ0) is 13.5. The zero-order valence-electron chi connectivity index (χ0n) is 10.4. The summed E-state index contributed by atoms with van der Waals surface area (Å²) in [4.78, 5) is 16.2. The Morgan fingerprint density at radius 3 is 2.89 bits per heavy atom. The average molecular weight is 255 g/mol. The number of hydrogen-bond acceptors (Lipinski definition) is 7.